The third-order valence-electron chi connectivity index (χ3n) is 10.5. The number of para-hydroxylation sites is 3. The Balaban J connectivity index is 0.955. The van der Waals surface area contributed by atoms with Crippen molar-refractivity contribution in [2.75, 3.05) is 41.0 Å². The second-order valence-electron chi connectivity index (χ2n) is 14.4. The summed E-state index contributed by atoms with van der Waals surface area (Å²) in [6, 6.07) is 48.1. The predicted octanol–water partition coefficient (Wildman–Crippen LogP) is 9.85. The summed E-state index contributed by atoms with van der Waals surface area (Å²) in [5.41, 5.74) is 11.6. The zero-order valence-electron chi connectivity index (χ0n) is 30.7. The number of pyridine rings is 2. The molecule has 1 N–H and O–H groups in total. The summed E-state index contributed by atoms with van der Waals surface area (Å²) >= 11 is 0. The minimum absolute atomic E-state index is 0.272. The monoisotopic (exact) mass is 712 g/mol. The molecule has 5 aromatic carbocycles. The fourth-order valence-corrected chi connectivity index (χ4v) is 7.96. The highest BCUT2D eigenvalue weighted by Gasteiger charge is 2.33. The van der Waals surface area contributed by atoms with E-state index in [1.54, 1.807) is 0 Å². The summed E-state index contributed by atoms with van der Waals surface area (Å²) in [6.07, 6.45) is 2.06. The molecule has 2 aliphatic heterocycles. The molecule has 0 bridgehead atoms. The van der Waals surface area contributed by atoms with Gasteiger partial charge >= 0.3 is 0 Å². The maximum atomic E-state index is 6.25. The van der Waals surface area contributed by atoms with Gasteiger partial charge in [-0.3, -0.25) is 9.97 Å². The van der Waals surface area contributed by atoms with Crippen molar-refractivity contribution >= 4 is 38.9 Å². The lowest BCUT2D eigenvalue weighted by molar-refractivity contribution is 0.470. The van der Waals surface area contributed by atoms with Gasteiger partial charge in [-0.05, 0) is 112 Å². The van der Waals surface area contributed by atoms with E-state index in [0.29, 0.717) is 0 Å². The fraction of sp³-hybridized carbons (Fsp3) is 0.217. The van der Waals surface area contributed by atoms with E-state index < -0.39 is 0 Å². The molecule has 2 aromatic heterocycles. The number of benzene rings is 5. The van der Waals surface area contributed by atoms with Crippen molar-refractivity contribution in [3.05, 3.63) is 151 Å². The molecule has 270 valence electrons. The molecule has 2 unspecified atom stereocenters. The molecule has 2 atom stereocenters. The van der Waals surface area contributed by atoms with Gasteiger partial charge in [0.1, 0.15) is 23.0 Å². The van der Waals surface area contributed by atoms with Gasteiger partial charge in [0, 0.05) is 65.8 Å². The van der Waals surface area contributed by atoms with E-state index >= 15 is 0 Å². The quantitative estimate of drug-likeness (QED) is 0.141. The van der Waals surface area contributed by atoms with Crippen LogP contribution in [0.1, 0.15) is 24.2 Å². The SMILES string of the molecule is Cc1cc(N2CCC(NN(c3ccccc3)C3CCN(c4cc(C)nc5ccc(Oc6ccccc6)cc45)C3)C2)c2cc(Oc3ccccc3)ccc2n1. The molecule has 9 rings (SSSR count). The zero-order chi connectivity index (χ0) is 36.4. The fourth-order valence-electron chi connectivity index (χ4n) is 7.96. The maximum absolute atomic E-state index is 6.25. The van der Waals surface area contributed by atoms with Gasteiger partial charge in [-0.25, -0.2) is 5.43 Å². The van der Waals surface area contributed by atoms with Gasteiger partial charge < -0.3 is 24.3 Å². The molecule has 2 saturated heterocycles. The van der Waals surface area contributed by atoms with Crippen LogP contribution in [0.25, 0.3) is 21.8 Å². The average Bonchev–Trinajstić information content (AvgIpc) is 3.88. The Bertz CT molecular complexity index is 2390. The molecule has 2 fully saturated rings. The van der Waals surface area contributed by atoms with Gasteiger partial charge in [0.25, 0.3) is 0 Å². The van der Waals surface area contributed by atoms with Gasteiger partial charge in [-0.15, -0.1) is 0 Å². The molecule has 8 heteroatoms. The van der Waals surface area contributed by atoms with Crippen LogP contribution in [0, 0.1) is 13.8 Å². The molecule has 2 aliphatic rings. The van der Waals surface area contributed by atoms with E-state index in [2.05, 4.69) is 101 Å². The summed E-state index contributed by atoms with van der Waals surface area (Å²) in [7, 11) is 0. The number of nitrogens with one attached hydrogen (secondary N) is 1. The first kappa shape index (κ1) is 33.7. The zero-order valence-corrected chi connectivity index (χ0v) is 30.7. The van der Waals surface area contributed by atoms with Gasteiger partial charge in [0.2, 0.25) is 0 Å². The van der Waals surface area contributed by atoms with Gasteiger partial charge in [0.15, 0.2) is 0 Å². The van der Waals surface area contributed by atoms with Crippen LogP contribution in [0.5, 0.6) is 23.0 Å². The molecule has 0 amide bonds. The lowest BCUT2D eigenvalue weighted by atomic mass is 10.1. The number of aromatic nitrogens is 2. The average molecular weight is 713 g/mol. The van der Waals surface area contributed by atoms with Crippen LogP contribution in [0.2, 0.25) is 0 Å². The minimum Gasteiger partial charge on any atom is -0.457 e. The van der Waals surface area contributed by atoms with E-state index in [4.69, 9.17) is 19.4 Å². The Morgan fingerprint density at radius 3 is 1.61 bits per heavy atom. The Morgan fingerprint density at radius 1 is 0.556 bits per heavy atom. The first-order valence-electron chi connectivity index (χ1n) is 18.9. The number of hydrogen-bond acceptors (Lipinski definition) is 8. The lowest BCUT2D eigenvalue weighted by Gasteiger charge is -2.34. The summed E-state index contributed by atoms with van der Waals surface area (Å²) in [5.74, 6) is 3.27. The normalized spacial score (nSPS) is 17.0. The number of hydrogen-bond donors (Lipinski definition) is 1. The van der Waals surface area contributed by atoms with Gasteiger partial charge in [0.05, 0.1) is 22.8 Å². The lowest BCUT2D eigenvalue weighted by Crippen LogP contribution is -2.52. The Labute approximate surface area is 316 Å². The molecule has 0 radical (unpaired) electrons. The smallest absolute Gasteiger partial charge is 0.128 e. The van der Waals surface area contributed by atoms with Crippen molar-refractivity contribution in [1.29, 1.82) is 0 Å². The largest absolute Gasteiger partial charge is 0.457 e. The van der Waals surface area contributed by atoms with Crippen LogP contribution in [0.15, 0.2) is 140 Å². The standard InChI is InChI=1S/C46H44N6O2/c1-32-26-45(41-28-39(18-20-43(41)47-32)53-37-14-8-4-9-15-37)50-24-22-34(30-50)49-52(35-12-6-3-7-13-35)36-23-25-51(31-36)46-27-33(2)48-44-21-19-40(29-42(44)46)54-38-16-10-5-11-17-38/h3-21,26-29,34,36,49H,22-25,30-31H2,1-2H3. The van der Waals surface area contributed by atoms with E-state index in [-0.39, 0.29) is 12.1 Å². The number of fused-ring (bicyclic) bond motifs is 2. The highest BCUT2D eigenvalue weighted by Crippen LogP contribution is 2.36. The van der Waals surface area contributed by atoms with E-state index in [9.17, 15) is 0 Å². The van der Waals surface area contributed by atoms with Crippen LogP contribution in [-0.2, 0) is 0 Å². The number of ether oxygens (including phenoxy) is 2. The minimum atomic E-state index is 0.272. The van der Waals surface area contributed by atoms with Crippen molar-refractivity contribution in [1.82, 2.24) is 15.4 Å². The second kappa shape index (κ2) is 14.7. The van der Waals surface area contributed by atoms with Gasteiger partial charge in [-0.1, -0.05) is 54.6 Å². The Morgan fingerprint density at radius 2 is 1.06 bits per heavy atom. The molecular weight excluding hydrogens is 669 g/mol. The number of anilines is 3. The topological polar surface area (TPSA) is 66.0 Å². The number of rotatable bonds is 10. The molecule has 7 aromatic rings. The van der Waals surface area contributed by atoms with Crippen LogP contribution in [0.4, 0.5) is 17.1 Å². The first-order chi connectivity index (χ1) is 26.5. The maximum Gasteiger partial charge on any atom is 0.128 e. The third kappa shape index (κ3) is 7.13. The van der Waals surface area contributed by atoms with Gasteiger partial charge in [-0.2, -0.15) is 0 Å². The second-order valence-corrected chi connectivity index (χ2v) is 14.4. The summed E-state index contributed by atoms with van der Waals surface area (Å²) in [4.78, 5) is 14.8. The number of nitrogens with zero attached hydrogens (tertiary/aromatic N) is 5. The van der Waals surface area contributed by atoms with Crippen LogP contribution in [0.3, 0.4) is 0 Å². The molecule has 0 saturated carbocycles. The Hall–Kier alpha value is -6.12. The third-order valence-corrected chi connectivity index (χ3v) is 10.5. The summed E-state index contributed by atoms with van der Waals surface area (Å²) in [6.45, 7) is 7.84. The molecule has 8 nitrogen and oxygen atoms in total. The van der Waals surface area contributed by atoms with Crippen LogP contribution in [-0.4, -0.2) is 48.2 Å². The molecule has 4 heterocycles. The summed E-state index contributed by atoms with van der Waals surface area (Å²) in [5, 5.41) is 4.66. The molecule has 0 spiro atoms. The van der Waals surface area contributed by atoms with Crippen molar-refractivity contribution in [3.63, 3.8) is 0 Å². The predicted molar refractivity (Wildman–Crippen MR) is 219 cm³/mol. The van der Waals surface area contributed by atoms with Crippen molar-refractivity contribution in [2.24, 2.45) is 0 Å². The van der Waals surface area contributed by atoms with Crippen molar-refractivity contribution in [3.8, 4) is 23.0 Å². The van der Waals surface area contributed by atoms with E-state index in [1.807, 2.05) is 72.8 Å². The Kier molecular flexibility index (Phi) is 9.19. The van der Waals surface area contributed by atoms with Crippen LogP contribution >= 0.6 is 0 Å². The number of hydrazine groups is 1. The molecule has 54 heavy (non-hydrogen) atoms. The van der Waals surface area contributed by atoms with Crippen LogP contribution < -0.4 is 29.7 Å². The summed E-state index contributed by atoms with van der Waals surface area (Å²) < 4.78 is 12.5. The molecular formula is C46H44N6O2. The highest BCUT2D eigenvalue weighted by molar-refractivity contribution is 5.94. The van der Waals surface area contributed by atoms with E-state index in [0.717, 1.165) is 95.2 Å². The molecule has 0 aliphatic carbocycles. The highest BCUT2D eigenvalue weighted by atomic mass is 16.5. The number of aryl methyl sites for hydroxylation is 2. The van der Waals surface area contributed by atoms with Crippen molar-refractivity contribution in [2.45, 2.75) is 38.8 Å². The first-order valence-corrected chi connectivity index (χ1v) is 18.9. The van der Waals surface area contributed by atoms with Crippen molar-refractivity contribution < 1.29 is 9.47 Å². The van der Waals surface area contributed by atoms with E-state index in [1.165, 1.54) is 17.1 Å².